The number of carbonyl (C=O) groups is 1. The zero-order valence-electron chi connectivity index (χ0n) is 12.1. The topological polar surface area (TPSA) is 41.1 Å². The van der Waals surface area contributed by atoms with E-state index < -0.39 is 0 Å². The lowest BCUT2D eigenvalue weighted by Crippen LogP contribution is -2.14. The molecule has 5 heteroatoms. The van der Waals surface area contributed by atoms with Crippen LogP contribution in [0.25, 0.3) is 0 Å². The average Bonchev–Trinajstić information content (AvgIpc) is 2.44. The number of carbonyl (C=O) groups excluding carboxylic acids is 1. The van der Waals surface area contributed by atoms with Gasteiger partial charge in [-0.3, -0.25) is 4.79 Å². The molecule has 0 spiro atoms. The summed E-state index contributed by atoms with van der Waals surface area (Å²) in [4.78, 5) is 12.5. The first-order valence-electron chi connectivity index (χ1n) is 6.47. The molecule has 2 rings (SSSR count). The van der Waals surface area contributed by atoms with Crippen molar-refractivity contribution in [3.05, 3.63) is 56.5 Å². The van der Waals surface area contributed by atoms with Crippen molar-refractivity contribution >= 4 is 44.8 Å². The fourth-order valence-electron chi connectivity index (χ4n) is 2.00. The van der Waals surface area contributed by atoms with Crippen molar-refractivity contribution in [3.8, 4) is 0 Å². The highest BCUT2D eigenvalue weighted by Crippen LogP contribution is 2.30. The lowest BCUT2D eigenvalue weighted by atomic mass is 10.1. The smallest absolute Gasteiger partial charge is 0.257 e. The summed E-state index contributed by atoms with van der Waals surface area (Å²) in [6.07, 6.45) is 0. The van der Waals surface area contributed by atoms with E-state index in [1.165, 1.54) is 0 Å². The van der Waals surface area contributed by atoms with Crippen LogP contribution in [0, 0.1) is 13.8 Å². The Morgan fingerprint density at radius 3 is 2.52 bits per heavy atom. The molecule has 0 saturated carbocycles. The average molecular weight is 368 g/mol. The van der Waals surface area contributed by atoms with Crippen molar-refractivity contribution in [2.24, 2.45) is 0 Å². The van der Waals surface area contributed by atoms with E-state index >= 15 is 0 Å². The molecule has 0 aliphatic carbocycles. The number of anilines is 2. The molecule has 0 unspecified atom stereocenters. The molecule has 110 valence electrons. The summed E-state index contributed by atoms with van der Waals surface area (Å²) < 4.78 is 0.802. The van der Waals surface area contributed by atoms with E-state index in [1.807, 2.05) is 38.1 Å². The third kappa shape index (κ3) is 3.57. The number of amides is 1. The Balaban J connectivity index is 2.34. The van der Waals surface area contributed by atoms with Gasteiger partial charge in [0.1, 0.15) is 0 Å². The second-order valence-electron chi connectivity index (χ2n) is 4.83. The van der Waals surface area contributed by atoms with E-state index in [9.17, 15) is 4.79 Å². The van der Waals surface area contributed by atoms with Crippen LogP contribution in [0.4, 0.5) is 11.4 Å². The normalized spacial score (nSPS) is 10.3. The predicted octanol–water partition coefficient (Wildman–Crippen LogP) is 5.01. The lowest BCUT2D eigenvalue weighted by molar-refractivity contribution is 0.102. The minimum absolute atomic E-state index is 0.177. The molecule has 0 atom stereocenters. The fraction of sp³-hybridized carbons (Fsp3) is 0.188. The molecule has 2 N–H and O–H groups in total. The molecule has 21 heavy (non-hydrogen) atoms. The Morgan fingerprint density at radius 1 is 1.14 bits per heavy atom. The maximum atomic E-state index is 12.5. The van der Waals surface area contributed by atoms with Crippen LogP contribution in [0.15, 0.2) is 34.8 Å². The van der Waals surface area contributed by atoms with Crippen LogP contribution in [0.1, 0.15) is 21.5 Å². The van der Waals surface area contributed by atoms with Gasteiger partial charge in [-0.25, -0.2) is 0 Å². The summed E-state index contributed by atoms with van der Waals surface area (Å²) in [5, 5.41) is 6.53. The summed E-state index contributed by atoms with van der Waals surface area (Å²) >= 11 is 9.56. The number of nitrogens with one attached hydrogen (secondary N) is 2. The van der Waals surface area contributed by atoms with E-state index in [2.05, 4.69) is 26.6 Å². The molecule has 3 nitrogen and oxygen atoms in total. The Morgan fingerprint density at radius 2 is 1.86 bits per heavy atom. The van der Waals surface area contributed by atoms with Crippen molar-refractivity contribution in [1.82, 2.24) is 0 Å². The van der Waals surface area contributed by atoms with Crippen LogP contribution in [0.3, 0.4) is 0 Å². The first-order chi connectivity index (χ1) is 9.92. The van der Waals surface area contributed by atoms with Crippen LogP contribution in [0.2, 0.25) is 5.02 Å². The number of aryl methyl sites for hydroxylation is 2. The number of hydrogen-bond donors (Lipinski definition) is 2. The number of halogens is 2. The molecule has 2 aromatic carbocycles. The maximum absolute atomic E-state index is 12.5. The van der Waals surface area contributed by atoms with Crippen LogP contribution in [-0.4, -0.2) is 13.0 Å². The van der Waals surface area contributed by atoms with Gasteiger partial charge in [-0.05, 0) is 59.6 Å². The van der Waals surface area contributed by atoms with Gasteiger partial charge in [0, 0.05) is 22.2 Å². The zero-order valence-corrected chi connectivity index (χ0v) is 14.4. The van der Waals surface area contributed by atoms with Crippen molar-refractivity contribution in [3.63, 3.8) is 0 Å². The minimum atomic E-state index is -0.177. The van der Waals surface area contributed by atoms with Crippen molar-refractivity contribution < 1.29 is 4.79 Å². The number of hydrogen-bond acceptors (Lipinski definition) is 2. The van der Waals surface area contributed by atoms with Gasteiger partial charge < -0.3 is 10.6 Å². The highest BCUT2D eigenvalue weighted by atomic mass is 79.9. The number of rotatable bonds is 3. The van der Waals surface area contributed by atoms with E-state index in [1.54, 1.807) is 13.1 Å². The van der Waals surface area contributed by atoms with Gasteiger partial charge in [0.25, 0.3) is 5.91 Å². The van der Waals surface area contributed by atoms with Crippen LogP contribution < -0.4 is 10.6 Å². The third-order valence-electron chi connectivity index (χ3n) is 3.19. The van der Waals surface area contributed by atoms with Gasteiger partial charge in [-0.15, -0.1) is 0 Å². The van der Waals surface area contributed by atoms with E-state index in [0.29, 0.717) is 16.3 Å². The molecular weight excluding hydrogens is 352 g/mol. The van der Waals surface area contributed by atoms with Gasteiger partial charge >= 0.3 is 0 Å². The van der Waals surface area contributed by atoms with Gasteiger partial charge in [-0.1, -0.05) is 23.2 Å². The Bertz CT molecular complexity index is 701. The predicted molar refractivity (Wildman–Crippen MR) is 92.6 cm³/mol. The summed E-state index contributed by atoms with van der Waals surface area (Å²) in [5.74, 6) is -0.177. The first kappa shape index (κ1) is 15.9. The van der Waals surface area contributed by atoms with E-state index in [0.717, 1.165) is 21.3 Å². The monoisotopic (exact) mass is 366 g/mol. The highest BCUT2D eigenvalue weighted by Gasteiger charge is 2.13. The van der Waals surface area contributed by atoms with Crippen molar-refractivity contribution in [2.75, 3.05) is 17.7 Å². The van der Waals surface area contributed by atoms with Gasteiger partial charge in [0.05, 0.1) is 11.3 Å². The Kier molecular flexibility index (Phi) is 4.91. The molecule has 0 heterocycles. The maximum Gasteiger partial charge on any atom is 0.257 e. The summed E-state index contributed by atoms with van der Waals surface area (Å²) in [6.45, 7) is 3.87. The standard InChI is InChI=1S/C16H16BrClN2O/c1-9-4-5-14(19-3)11(6-9)16(21)20-15-8-13(18)10(2)7-12(15)17/h4-8,19H,1-3H3,(H,20,21). The van der Waals surface area contributed by atoms with Gasteiger partial charge in [0.2, 0.25) is 0 Å². The third-order valence-corrected chi connectivity index (χ3v) is 4.25. The summed E-state index contributed by atoms with van der Waals surface area (Å²) in [7, 11) is 1.79. The SMILES string of the molecule is CNc1ccc(C)cc1C(=O)Nc1cc(Cl)c(C)cc1Br. The largest absolute Gasteiger partial charge is 0.387 e. The second kappa shape index (κ2) is 6.50. The fourth-order valence-corrected chi connectivity index (χ4v) is 2.72. The zero-order chi connectivity index (χ0) is 15.6. The first-order valence-corrected chi connectivity index (χ1v) is 7.65. The molecule has 0 aromatic heterocycles. The lowest BCUT2D eigenvalue weighted by Gasteiger charge is -2.13. The van der Waals surface area contributed by atoms with Crippen molar-refractivity contribution in [1.29, 1.82) is 0 Å². The molecule has 1 amide bonds. The highest BCUT2D eigenvalue weighted by molar-refractivity contribution is 9.10. The Labute approximate surface area is 137 Å². The molecule has 0 radical (unpaired) electrons. The second-order valence-corrected chi connectivity index (χ2v) is 6.10. The summed E-state index contributed by atoms with van der Waals surface area (Å²) in [6, 6.07) is 9.33. The van der Waals surface area contributed by atoms with Gasteiger partial charge in [0.15, 0.2) is 0 Å². The van der Waals surface area contributed by atoms with Gasteiger partial charge in [-0.2, -0.15) is 0 Å². The molecule has 0 aliphatic heterocycles. The van der Waals surface area contributed by atoms with E-state index in [-0.39, 0.29) is 5.91 Å². The molecule has 0 bridgehead atoms. The molecular formula is C16H16BrClN2O. The molecule has 0 saturated heterocycles. The minimum Gasteiger partial charge on any atom is -0.387 e. The molecule has 0 aliphatic rings. The van der Waals surface area contributed by atoms with Crippen LogP contribution in [0.5, 0.6) is 0 Å². The molecule has 0 fully saturated rings. The Hall–Kier alpha value is -1.52. The quantitative estimate of drug-likeness (QED) is 0.800. The van der Waals surface area contributed by atoms with Crippen LogP contribution in [-0.2, 0) is 0 Å². The summed E-state index contributed by atoms with van der Waals surface area (Å²) in [5.41, 5.74) is 4.01. The number of benzene rings is 2. The van der Waals surface area contributed by atoms with Crippen molar-refractivity contribution in [2.45, 2.75) is 13.8 Å². The van der Waals surface area contributed by atoms with E-state index in [4.69, 9.17) is 11.6 Å². The van der Waals surface area contributed by atoms with Crippen LogP contribution >= 0.6 is 27.5 Å². The molecule has 2 aromatic rings.